The molecule has 2 aliphatic rings. The van der Waals surface area contributed by atoms with Gasteiger partial charge in [-0.3, -0.25) is 5.32 Å². The maximum atomic E-state index is 13.9. The number of carbonyl (C=O) groups excluding carboxylic acids is 1. The summed E-state index contributed by atoms with van der Waals surface area (Å²) in [5.41, 5.74) is 3.99. The van der Waals surface area contributed by atoms with Gasteiger partial charge in [-0.2, -0.15) is 13.2 Å². The number of methoxy groups -OCH3 is 1. The van der Waals surface area contributed by atoms with Crippen LogP contribution in [0, 0.1) is 5.92 Å². The first kappa shape index (κ1) is 24.3. The zero-order valence-electron chi connectivity index (χ0n) is 19.3. The SMILES string of the molecule is CO[C@@]1(c2cc(OCC3COC3)cc(-n3cc(C(F)(F)F)c4cnc(NC(N)=O)cc43)n2)CCOC1. The average Bonchev–Trinajstić information content (AvgIpc) is 3.43. The number of hydrogen-bond donors (Lipinski definition) is 2. The molecular formula is C23H24F3N5O5. The number of primary amides is 1. The second kappa shape index (κ2) is 9.22. The van der Waals surface area contributed by atoms with Crippen LogP contribution in [-0.4, -0.2) is 60.7 Å². The van der Waals surface area contributed by atoms with Gasteiger partial charge in [0.1, 0.15) is 23.0 Å². The van der Waals surface area contributed by atoms with Crippen molar-refractivity contribution in [2.24, 2.45) is 11.7 Å². The Hall–Kier alpha value is -3.42. The number of pyridine rings is 2. The van der Waals surface area contributed by atoms with Gasteiger partial charge in [0.25, 0.3) is 0 Å². The van der Waals surface area contributed by atoms with Crippen molar-refractivity contribution in [3.05, 3.63) is 41.9 Å². The zero-order chi connectivity index (χ0) is 25.5. The fraction of sp³-hybridized carbons (Fsp3) is 0.435. The molecule has 0 radical (unpaired) electrons. The molecule has 3 aromatic heterocycles. The Morgan fingerprint density at radius 3 is 2.72 bits per heavy atom. The number of fused-ring (bicyclic) bond motifs is 1. The van der Waals surface area contributed by atoms with Gasteiger partial charge in [-0.05, 0) is 0 Å². The van der Waals surface area contributed by atoms with Crippen molar-refractivity contribution in [1.82, 2.24) is 14.5 Å². The van der Waals surface area contributed by atoms with Crippen LogP contribution in [0.5, 0.6) is 5.75 Å². The van der Waals surface area contributed by atoms with E-state index in [1.807, 2.05) is 0 Å². The number of halogens is 3. The molecule has 0 aliphatic carbocycles. The van der Waals surface area contributed by atoms with Crippen LogP contribution in [0.25, 0.3) is 16.7 Å². The number of hydrogen-bond acceptors (Lipinski definition) is 7. The summed E-state index contributed by atoms with van der Waals surface area (Å²) < 4.78 is 65.5. The van der Waals surface area contributed by atoms with Crippen molar-refractivity contribution in [2.45, 2.75) is 18.2 Å². The maximum Gasteiger partial charge on any atom is 0.418 e. The minimum absolute atomic E-state index is 0.00163. The fourth-order valence-corrected chi connectivity index (χ4v) is 4.27. The largest absolute Gasteiger partial charge is 0.493 e. The van der Waals surface area contributed by atoms with E-state index >= 15 is 0 Å². The first-order valence-electron chi connectivity index (χ1n) is 11.2. The highest BCUT2D eigenvalue weighted by Gasteiger charge is 2.40. The lowest BCUT2D eigenvalue weighted by atomic mass is 9.97. The highest BCUT2D eigenvalue weighted by Crippen LogP contribution is 2.39. The number of carbonyl (C=O) groups is 1. The Bertz CT molecular complexity index is 1290. The average molecular weight is 507 g/mol. The molecule has 2 saturated heterocycles. The molecule has 0 spiro atoms. The number of nitrogens with one attached hydrogen (secondary N) is 1. The smallest absolute Gasteiger partial charge is 0.418 e. The van der Waals surface area contributed by atoms with Crippen LogP contribution in [0.3, 0.4) is 0 Å². The standard InChI is InChI=1S/C23H24F3N5O5/c1-33-22(2-3-34-12-22)18-4-14(36-11-13-9-35-10-13)5-20(29-18)31-8-16(23(24,25)26)15-7-28-19(6-17(15)31)30-21(27)32/h4-8,13H,2-3,9-12H2,1H3,(H3,27,28,30,32)/t22-/m0/s1. The van der Waals surface area contributed by atoms with Gasteiger partial charge >= 0.3 is 12.2 Å². The number of nitrogens with zero attached hydrogens (tertiary/aromatic N) is 3. The fourth-order valence-electron chi connectivity index (χ4n) is 4.27. The van der Waals surface area contributed by atoms with Gasteiger partial charge in [0.2, 0.25) is 0 Å². The van der Waals surface area contributed by atoms with Crippen molar-refractivity contribution in [3.63, 3.8) is 0 Å². The van der Waals surface area contributed by atoms with E-state index in [0.717, 1.165) is 12.4 Å². The van der Waals surface area contributed by atoms with E-state index in [4.69, 9.17) is 24.7 Å². The molecule has 0 aromatic carbocycles. The lowest BCUT2D eigenvalue weighted by Gasteiger charge is -2.28. The number of amides is 2. The van der Waals surface area contributed by atoms with Gasteiger partial charge in [-0.1, -0.05) is 0 Å². The van der Waals surface area contributed by atoms with Gasteiger partial charge in [0, 0.05) is 62.0 Å². The zero-order valence-corrected chi connectivity index (χ0v) is 19.3. The lowest BCUT2D eigenvalue weighted by Crippen LogP contribution is -2.33. The maximum absolute atomic E-state index is 13.9. The topological polar surface area (TPSA) is 123 Å². The van der Waals surface area contributed by atoms with E-state index in [1.165, 1.54) is 17.7 Å². The van der Waals surface area contributed by atoms with Crippen LogP contribution < -0.4 is 15.8 Å². The molecule has 192 valence electrons. The van der Waals surface area contributed by atoms with Gasteiger partial charge in [-0.15, -0.1) is 0 Å². The molecule has 1 atom stereocenters. The molecule has 5 rings (SSSR count). The first-order valence-corrected chi connectivity index (χ1v) is 11.2. The van der Waals surface area contributed by atoms with Crippen molar-refractivity contribution in [1.29, 1.82) is 0 Å². The molecule has 0 bridgehead atoms. The summed E-state index contributed by atoms with van der Waals surface area (Å²) >= 11 is 0. The van der Waals surface area contributed by atoms with Crippen LogP contribution in [0.15, 0.2) is 30.6 Å². The molecule has 0 saturated carbocycles. The molecular weight excluding hydrogens is 483 g/mol. The van der Waals surface area contributed by atoms with E-state index in [1.54, 1.807) is 12.1 Å². The number of anilines is 1. The van der Waals surface area contributed by atoms with Crippen LogP contribution >= 0.6 is 0 Å². The summed E-state index contributed by atoms with van der Waals surface area (Å²) in [4.78, 5) is 19.9. The number of ether oxygens (including phenoxy) is 4. The number of rotatable bonds is 7. The molecule has 13 heteroatoms. The molecule has 0 unspecified atom stereocenters. The molecule has 3 aromatic rings. The summed E-state index contributed by atoms with van der Waals surface area (Å²) in [5.74, 6) is 0.824. The minimum Gasteiger partial charge on any atom is -0.493 e. The van der Waals surface area contributed by atoms with E-state index in [-0.39, 0.29) is 35.1 Å². The quantitative estimate of drug-likeness (QED) is 0.504. The molecule has 3 N–H and O–H groups in total. The minimum atomic E-state index is -4.65. The summed E-state index contributed by atoms with van der Waals surface area (Å²) in [6.07, 6.45) is -2.15. The first-order chi connectivity index (χ1) is 17.2. The highest BCUT2D eigenvalue weighted by molar-refractivity contribution is 5.92. The van der Waals surface area contributed by atoms with E-state index in [0.29, 0.717) is 44.3 Å². The normalized spacial score (nSPS) is 20.4. The Balaban J connectivity index is 1.66. The monoisotopic (exact) mass is 507 g/mol. The summed E-state index contributed by atoms with van der Waals surface area (Å²) in [6, 6.07) is 3.69. The van der Waals surface area contributed by atoms with Crippen molar-refractivity contribution in [3.8, 4) is 11.6 Å². The Morgan fingerprint density at radius 1 is 1.31 bits per heavy atom. The van der Waals surface area contributed by atoms with Gasteiger partial charge in [0.15, 0.2) is 0 Å². The van der Waals surface area contributed by atoms with E-state index < -0.39 is 23.4 Å². The second-order valence-electron chi connectivity index (χ2n) is 8.75. The summed E-state index contributed by atoms with van der Waals surface area (Å²) in [6.45, 7) is 2.25. The van der Waals surface area contributed by atoms with Gasteiger partial charge in [-0.25, -0.2) is 14.8 Å². The predicted octanol–water partition coefficient (Wildman–Crippen LogP) is 3.22. The Kier molecular flexibility index (Phi) is 6.22. The van der Waals surface area contributed by atoms with Crippen LogP contribution in [0.4, 0.5) is 23.8 Å². The predicted molar refractivity (Wildman–Crippen MR) is 121 cm³/mol. The molecule has 10 nitrogen and oxygen atoms in total. The number of aromatic nitrogens is 3. The van der Waals surface area contributed by atoms with Crippen LogP contribution in [0.2, 0.25) is 0 Å². The lowest BCUT2D eigenvalue weighted by molar-refractivity contribution is -0.136. The molecule has 5 heterocycles. The van der Waals surface area contributed by atoms with E-state index in [2.05, 4.69) is 15.3 Å². The molecule has 36 heavy (non-hydrogen) atoms. The third kappa shape index (κ3) is 4.56. The number of urea groups is 1. The molecule has 2 amide bonds. The van der Waals surface area contributed by atoms with Crippen molar-refractivity contribution >= 4 is 22.8 Å². The summed E-state index contributed by atoms with van der Waals surface area (Å²) in [5, 5.41) is 2.13. The summed E-state index contributed by atoms with van der Waals surface area (Å²) in [7, 11) is 1.54. The van der Waals surface area contributed by atoms with Gasteiger partial charge < -0.3 is 29.2 Å². The van der Waals surface area contributed by atoms with Crippen molar-refractivity contribution < 1.29 is 36.9 Å². The third-order valence-electron chi connectivity index (χ3n) is 6.31. The van der Waals surface area contributed by atoms with E-state index in [9.17, 15) is 18.0 Å². The molecule has 2 fully saturated rings. The Labute approximate surface area is 203 Å². The number of alkyl halides is 3. The molecule has 2 aliphatic heterocycles. The van der Waals surface area contributed by atoms with Crippen molar-refractivity contribution in [2.75, 3.05) is 45.5 Å². The van der Waals surface area contributed by atoms with Gasteiger partial charge in [0.05, 0.1) is 43.2 Å². The highest BCUT2D eigenvalue weighted by atomic mass is 19.4. The van der Waals surface area contributed by atoms with Crippen LogP contribution in [-0.2, 0) is 26.0 Å². The second-order valence-corrected chi connectivity index (χ2v) is 8.75. The third-order valence-corrected chi connectivity index (χ3v) is 6.31. The Morgan fingerprint density at radius 2 is 2.11 bits per heavy atom. The van der Waals surface area contributed by atoms with Crippen LogP contribution in [0.1, 0.15) is 17.7 Å². The number of nitrogens with two attached hydrogens (primary N) is 1.